The highest BCUT2D eigenvalue weighted by molar-refractivity contribution is 6.07. The van der Waals surface area contributed by atoms with Crippen LogP contribution in [-0.2, 0) is 0 Å². The van der Waals surface area contributed by atoms with Crippen molar-refractivity contribution >= 4 is 16.9 Å². The predicted octanol–water partition coefficient (Wildman–Crippen LogP) is 2.71. The number of carbonyl (C=O) groups excluding carboxylic acids is 1. The second-order valence-corrected chi connectivity index (χ2v) is 6.65. The van der Waals surface area contributed by atoms with E-state index < -0.39 is 0 Å². The fourth-order valence-corrected chi connectivity index (χ4v) is 3.21. The van der Waals surface area contributed by atoms with Gasteiger partial charge in [0, 0.05) is 24.3 Å². The van der Waals surface area contributed by atoms with Crippen LogP contribution in [0.4, 0.5) is 0 Å². The van der Waals surface area contributed by atoms with Crippen LogP contribution in [0.15, 0.2) is 30.3 Å². The average Bonchev–Trinajstić information content (AvgIpc) is 3.32. The van der Waals surface area contributed by atoms with Gasteiger partial charge in [-0.15, -0.1) is 0 Å². The van der Waals surface area contributed by atoms with Crippen molar-refractivity contribution in [1.29, 1.82) is 0 Å². The number of aryl methyl sites for hydroxylation is 1. The molecule has 27 heavy (non-hydrogen) atoms. The third-order valence-corrected chi connectivity index (χ3v) is 4.49. The molecule has 142 valence electrons. The maximum absolute atomic E-state index is 13.0. The zero-order valence-corrected chi connectivity index (χ0v) is 15.9. The van der Waals surface area contributed by atoms with Crippen molar-refractivity contribution in [2.75, 3.05) is 27.2 Å². The van der Waals surface area contributed by atoms with Crippen molar-refractivity contribution < 1.29 is 9.90 Å². The van der Waals surface area contributed by atoms with Crippen molar-refractivity contribution in [2.24, 2.45) is 0 Å². The van der Waals surface area contributed by atoms with Crippen molar-refractivity contribution in [1.82, 2.24) is 25.4 Å². The maximum atomic E-state index is 13.0. The smallest absolute Gasteiger partial charge is 0.254 e. The van der Waals surface area contributed by atoms with Crippen LogP contribution in [0, 0.1) is 6.92 Å². The summed E-state index contributed by atoms with van der Waals surface area (Å²) in [5.41, 5.74) is 3.54. The first kappa shape index (κ1) is 18.8. The summed E-state index contributed by atoms with van der Waals surface area (Å²) in [4.78, 5) is 19.4. The van der Waals surface area contributed by atoms with Crippen LogP contribution in [0.5, 0.6) is 5.75 Å². The number of amides is 1. The fourth-order valence-electron chi connectivity index (χ4n) is 3.21. The molecule has 0 bridgehead atoms. The highest BCUT2D eigenvalue weighted by Gasteiger charge is 2.24. The minimum Gasteiger partial charge on any atom is -0.508 e. The van der Waals surface area contributed by atoms with E-state index in [4.69, 9.17) is 0 Å². The maximum Gasteiger partial charge on any atom is 0.254 e. The number of aromatic nitrogens is 3. The lowest BCUT2D eigenvalue weighted by molar-refractivity contribution is 0.0794. The van der Waals surface area contributed by atoms with Gasteiger partial charge in [0.2, 0.25) is 0 Å². The van der Waals surface area contributed by atoms with E-state index in [1.807, 2.05) is 32.0 Å². The molecule has 3 aromatic rings. The number of likely N-dealkylation sites (tertiary alicyclic amines) is 1. The van der Waals surface area contributed by atoms with Gasteiger partial charge in [-0.05, 0) is 64.2 Å². The third kappa shape index (κ3) is 3.93. The van der Waals surface area contributed by atoms with Gasteiger partial charge < -0.3 is 15.3 Å². The lowest BCUT2D eigenvalue weighted by atomic mass is 10.0. The standard InChI is InChI=1S/C18H18N4O2.C2H7N/c1-11-16-14(18(24)22-8-2-3-9-22)10-15(19-17(16)21-20-11)12-4-6-13(23)7-5-12;1-3-2/h4-7,10,23H,2-3,8-9H2,1H3,(H,19,20,21);3H,1-2H3. The topological polar surface area (TPSA) is 94.1 Å². The Morgan fingerprint density at radius 1 is 1.19 bits per heavy atom. The summed E-state index contributed by atoms with van der Waals surface area (Å²) in [5.74, 6) is 0.230. The molecule has 1 amide bonds. The lowest BCUT2D eigenvalue weighted by Gasteiger charge is -2.16. The molecule has 0 atom stereocenters. The first-order valence-electron chi connectivity index (χ1n) is 9.08. The summed E-state index contributed by atoms with van der Waals surface area (Å²) < 4.78 is 0. The SMILES string of the molecule is CNC.Cc1[nH]nc2nc(-c3ccc(O)cc3)cc(C(=O)N3CCCC3)c12. The quantitative estimate of drug-likeness (QED) is 0.647. The number of nitrogens with one attached hydrogen (secondary N) is 2. The molecular formula is C20H25N5O2. The molecule has 3 heterocycles. The van der Waals surface area contributed by atoms with Crippen LogP contribution < -0.4 is 5.32 Å². The van der Waals surface area contributed by atoms with Crippen LogP contribution >= 0.6 is 0 Å². The molecule has 7 heteroatoms. The predicted molar refractivity (Wildman–Crippen MR) is 106 cm³/mol. The number of carbonyl (C=O) groups is 1. The van der Waals surface area contributed by atoms with Gasteiger partial charge in [-0.2, -0.15) is 5.10 Å². The molecule has 1 aliphatic rings. The number of pyridine rings is 1. The number of nitrogens with zero attached hydrogens (tertiary/aromatic N) is 3. The van der Waals surface area contributed by atoms with E-state index in [0.29, 0.717) is 16.9 Å². The van der Waals surface area contributed by atoms with Crippen LogP contribution in [0.2, 0.25) is 0 Å². The average molecular weight is 367 g/mol. The number of hydrogen-bond donors (Lipinski definition) is 3. The Labute approximate surface area is 158 Å². The van der Waals surface area contributed by atoms with Crippen LogP contribution in [0.25, 0.3) is 22.3 Å². The zero-order valence-electron chi connectivity index (χ0n) is 15.9. The highest BCUT2D eigenvalue weighted by Crippen LogP contribution is 2.28. The second-order valence-electron chi connectivity index (χ2n) is 6.65. The largest absolute Gasteiger partial charge is 0.508 e. The number of hydrogen-bond acceptors (Lipinski definition) is 5. The second kappa shape index (κ2) is 8.18. The Kier molecular flexibility index (Phi) is 5.71. The van der Waals surface area contributed by atoms with Crippen molar-refractivity contribution in [3.05, 3.63) is 41.6 Å². The summed E-state index contributed by atoms with van der Waals surface area (Å²) in [6, 6.07) is 8.62. The fraction of sp³-hybridized carbons (Fsp3) is 0.350. The number of fused-ring (bicyclic) bond motifs is 1. The Hall–Kier alpha value is -2.93. The lowest BCUT2D eigenvalue weighted by Crippen LogP contribution is -2.28. The van der Waals surface area contributed by atoms with Crippen LogP contribution in [0.3, 0.4) is 0 Å². The first-order valence-corrected chi connectivity index (χ1v) is 9.08. The molecule has 7 nitrogen and oxygen atoms in total. The highest BCUT2D eigenvalue weighted by atomic mass is 16.3. The Morgan fingerprint density at radius 2 is 1.81 bits per heavy atom. The molecule has 0 unspecified atom stereocenters. The van der Waals surface area contributed by atoms with E-state index >= 15 is 0 Å². The van der Waals surface area contributed by atoms with Crippen molar-refractivity contribution in [3.8, 4) is 17.0 Å². The van der Waals surface area contributed by atoms with Gasteiger partial charge in [0.1, 0.15) is 5.75 Å². The van der Waals surface area contributed by atoms with E-state index in [-0.39, 0.29) is 11.7 Å². The number of aromatic amines is 1. The molecule has 0 radical (unpaired) electrons. The molecule has 1 aromatic carbocycles. The zero-order chi connectivity index (χ0) is 19.4. The number of phenolic OH excluding ortho intramolecular Hbond substituents is 1. The Bertz CT molecular complexity index is 927. The number of aromatic hydroxyl groups is 1. The normalized spacial score (nSPS) is 13.5. The Balaban J connectivity index is 0.000000659. The van der Waals surface area contributed by atoms with Crippen molar-refractivity contribution in [2.45, 2.75) is 19.8 Å². The summed E-state index contributed by atoms with van der Waals surface area (Å²) in [6.07, 6.45) is 2.10. The minimum absolute atomic E-state index is 0.0319. The van der Waals surface area contributed by atoms with E-state index in [9.17, 15) is 9.90 Å². The molecule has 3 N–H and O–H groups in total. The Morgan fingerprint density at radius 3 is 2.44 bits per heavy atom. The monoisotopic (exact) mass is 367 g/mol. The van der Waals surface area contributed by atoms with Gasteiger partial charge in [-0.3, -0.25) is 9.89 Å². The number of H-pyrrole nitrogens is 1. The molecule has 1 saturated heterocycles. The molecule has 2 aromatic heterocycles. The van der Waals surface area contributed by atoms with Gasteiger partial charge in [0.25, 0.3) is 5.91 Å². The van der Waals surface area contributed by atoms with Gasteiger partial charge in [0.15, 0.2) is 5.65 Å². The number of phenols is 1. The van der Waals surface area contributed by atoms with Crippen LogP contribution in [0.1, 0.15) is 28.9 Å². The molecular weight excluding hydrogens is 342 g/mol. The molecule has 1 fully saturated rings. The summed E-state index contributed by atoms with van der Waals surface area (Å²) in [6.45, 7) is 3.50. The van der Waals surface area contributed by atoms with Gasteiger partial charge >= 0.3 is 0 Å². The summed E-state index contributed by atoms with van der Waals surface area (Å²) in [7, 11) is 3.75. The van der Waals surface area contributed by atoms with E-state index in [2.05, 4.69) is 20.5 Å². The molecule has 0 aliphatic carbocycles. The van der Waals surface area contributed by atoms with Gasteiger partial charge in [-0.25, -0.2) is 4.98 Å². The van der Waals surface area contributed by atoms with E-state index in [1.54, 1.807) is 24.3 Å². The van der Waals surface area contributed by atoms with Crippen molar-refractivity contribution in [3.63, 3.8) is 0 Å². The molecule has 0 spiro atoms. The van der Waals surface area contributed by atoms with Gasteiger partial charge in [0.05, 0.1) is 16.6 Å². The third-order valence-electron chi connectivity index (χ3n) is 4.49. The van der Waals surface area contributed by atoms with Gasteiger partial charge in [-0.1, -0.05) is 0 Å². The van der Waals surface area contributed by atoms with Crippen LogP contribution in [-0.4, -0.2) is 58.3 Å². The summed E-state index contributed by atoms with van der Waals surface area (Å²) >= 11 is 0. The van der Waals surface area contributed by atoms with E-state index in [1.165, 1.54) is 0 Å². The molecule has 4 rings (SSSR count). The first-order chi connectivity index (χ1) is 13.0. The summed E-state index contributed by atoms with van der Waals surface area (Å²) in [5, 5.41) is 20.2. The number of rotatable bonds is 2. The number of benzene rings is 1. The molecule has 1 aliphatic heterocycles. The molecule has 0 saturated carbocycles. The van der Waals surface area contributed by atoms with E-state index in [0.717, 1.165) is 42.6 Å². The minimum atomic E-state index is 0.0319.